The summed E-state index contributed by atoms with van der Waals surface area (Å²) in [5, 5.41) is 11.0. The van der Waals surface area contributed by atoms with Crippen molar-refractivity contribution >= 4 is 28.3 Å². The Labute approximate surface area is 210 Å². The van der Waals surface area contributed by atoms with E-state index in [-0.39, 0.29) is 11.8 Å². The molecule has 3 saturated heterocycles. The highest BCUT2D eigenvalue weighted by Gasteiger charge is 2.73. The summed E-state index contributed by atoms with van der Waals surface area (Å²) in [4.78, 5) is 29.2. The minimum absolute atomic E-state index is 0.209. The van der Waals surface area contributed by atoms with Crippen LogP contribution in [0.4, 0.5) is 5.69 Å². The first kappa shape index (κ1) is 22.8. The lowest BCUT2D eigenvalue weighted by Crippen LogP contribution is -2.43. The van der Waals surface area contributed by atoms with Crippen molar-refractivity contribution < 1.29 is 19.1 Å². The van der Waals surface area contributed by atoms with Gasteiger partial charge in [0.1, 0.15) is 5.75 Å². The van der Waals surface area contributed by atoms with Crippen molar-refractivity contribution in [1.29, 1.82) is 5.26 Å². The van der Waals surface area contributed by atoms with Gasteiger partial charge in [-0.3, -0.25) is 9.59 Å². The molecule has 6 rings (SSSR count). The zero-order valence-electron chi connectivity index (χ0n) is 20.7. The number of carbonyl (C=O) groups excluding carboxylic acids is 2. The number of nitrogens with zero attached hydrogens (tertiary/aromatic N) is 2. The number of aryl methyl sites for hydroxylation is 1. The molecule has 3 heterocycles. The second-order valence-electron chi connectivity index (χ2n) is 10.5. The highest BCUT2D eigenvalue weighted by Crippen LogP contribution is 2.62. The number of anilines is 1. The SMILES string of the molecule is Cc1cccc(OCCC23CCC(C)(O2)C2C(=O)N(c4ccc(C#N)c5ccccc45)C(=O)C23)c1C. The molecule has 182 valence electrons. The highest BCUT2D eigenvalue weighted by molar-refractivity contribution is 6.26. The molecule has 0 radical (unpaired) electrons. The Morgan fingerprint density at radius 3 is 2.53 bits per heavy atom. The van der Waals surface area contributed by atoms with Gasteiger partial charge in [-0.05, 0) is 62.9 Å². The summed E-state index contributed by atoms with van der Waals surface area (Å²) >= 11 is 0. The molecule has 6 heteroatoms. The van der Waals surface area contributed by atoms with Crippen LogP contribution in [0.25, 0.3) is 10.8 Å². The number of hydrogen-bond acceptors (Lipinski definition) is 5. The summed E-state index contributed by atoms with van der Waals surface area (Å²) in [6.07, 6.45) is 2.00. The van der Waals surface area contributed by atoms with Gasteiger partial charge in [-0.15, -0.1) is 0 Å². The molecule has 2 bridgehead atoms. The van der Waals surface area contributed by atoms with Gasteiger partial charge in [0.2, 0.25) is 11.8 Å². The van der Waals surface area contributed by atoms with Crippen LogP contribution in [-0.4, -0.2) is 29.6 Å². The fraction of sp³-hybridized carbons (Fsp3) is 0.367. The van der Waals surface area contributed by atoms with Crippen molar-refractivity contribution in [2.45, 2.75) is 51.2 Å². The van der Waals surface area contributed by atoms with Crippen molar-refractivity contribution in [1.82, 2.24) is 0 Å². The molecule has 36 heavy (non-hydrogen) atoms. The van der Waals surface area contributed by atoms with Crippen LogP contribution in [0.3, 0.4) is 0 Å². The second kappa shape index (κ2) is 7.91. The average molecular weight is 481 g/mol. The number of carbonyl (C=O) groups is 2. The van der Waals surface area contributed by atoms with Gasteiger partial charge in [0, 0.05) is 17.2 Å². The van der Waals surface area contributed by atoms with Crippen molar-refractivity contribution in [3.05, 3.63) is 71.3 Å². The van der Waals surface area contributed by atoms with Crippen molar-refractivity contribution in [3.8, 4) is 11.8 Å². The molecule has 4 atom stereocenters. The molecule has 3 aliphatic rings. The molecule has 0 saturated carbocycles. The number of fused-ring (bicyclic) bond motifs is 6. The first-order valence-electron chi connectivity index (χ1n) is 12.5. The lowest BCUT2D eigenvalue weighted by Gasteiger charge is -2.31. The van der Waals surface area contributed by atoms with Gasteiger partial charge >= 0.3 is 0 Å². The average Bonchev–Trinajstić information content (AvgIpc) is 3.45. The minimum atomic E-state index is -0.721. The van der Waals surface area contributed by atoms with Crippen LogP contribution in [-0.2, 0) is 14.3 Å². The summed E-state index contributed by atoms with van der Waals surface area (Å²) in [5.41, 5.74) is 1.93. The molecule has 3 aromatic carbocycles. The first-order chi connectivity index (χ1) is 17.3. The Kier molecular flexibility index (Phi) is 5.00. The summed E-state index contributed by atoms with van der Waals surface area (Å²) < 4.78 is 12.7. The Hall–Kier alpha value is -3.69. The number of ether oxygens (including phenoxy) is 2. The van der Waals surface area contributed by atoms with E-state index in [0.29, 0.717) is 24.3 Å². The lowest BCUT2D eigenvalue weighted by atomic mass is 9.67. The summed E-state index contributed by atoms with van der Waals surface area (Å²) in [5.74, 6) is -0.648. The molecule has 4 unspecified atom stereocenters. The van der Waals surface area contributed by atoms with E-state index in [1.54, 1.807) is 12.1 Å². The number of imide groups is 1. The van der Waals surface area contributed by atoms with E-state index in [4.69, 9.17) is 9.47 Å². The standard InChI is InChI=1S/C30H28N2O4/c1-18-7-6-10-24(19(18)2)35-16-15-30-14-13-29(3,36-30)25-26(30)28(34)32(27(25)33)23-12-11-20(17-31)21-8-4-5-9-22(21)23/h4-12,25-26H,13-16H2,1-3H3. The maximum absolute atomic E-state index is 14.0. The summed E-state index contributed by atoms with van der Waals surface area (Å²) in [6.45, 7) is 6.47. The van der Waals surface area contributed by atoms with Crippen LogP contribution in [0.1, 0.15) is 42.9 Å². The Morgan fingerprint density at radius 2 is 1.75 bits per heavy atom. The molecule has 3 fully saturated rings. The predicted octanol–water partition coefficient (Wildman–Crippen LogP) is 5.22. The number of rotatable bonds is 5. The third-order valence-corrected chi connectivity index (χ3v) is 8.61. The van der Waals surface area contributed by atoms with E-state index in [9.17, 15) is 14.9 Å². The Bertz CT molecular complexity index is 1470. The Morgan fingerprint density at radius 1 is 1.00 bits per heavy atom. The predicted molar refractivity (Wildman–Crippen MR) is 136 cm³/mol. The molecular weight excluding hydrogens is 452 g/mol. The summed E-state index contributed by atoms with van der Waals surface area (Å²) in [7, 11) is 0. The molecule has 6 nitrogen and oxygen atoms in total. The number of amides is 2. The zero-order valence-corrected chi connectivity index (χ0v) is 20.7. The zero-order chi connectivity index (χ0) is 25.2. The normalized spacial score (nSPS) is 28.6. The molecule has 3 aliphatic heterocycles. The molecule has 0 N–H and O–H groups in total. The number of nitriles is 1. The molecule has 0 aliphatic carbocycles. The van der Waals surface area contributed by atoms with E-state index >= 15 is 0 Å². The Balaban J connectivity index is 1.33. The third-order valence-electron chi connectivity index (χ3n) is 8.61. The molecule has 0 spiro atoms. The van der Waals surface area contributed by atoms with Crippen LogP contribution in [0.5, 0.6) is 5.75 Å². The van der Waals surface area contributed by atoms with Gasteiger partial charge in [-0.1, -0.05) is 36.4 Å². The molecular formula is C30H28N2O4. The molecule has 0 aromatic heterocycles. The van der Waals surface area contributed by atoms with E-state index in [1.165, 1.54) is 4.90 Å². The van der Waals surface area contributed by atoms with E-state index in [2.05, 4.69) is 19.1 Å². The maximum Gasteiger partial charge on any atom is 0.240 e. The van der Waals surface area contributed by atoms with Crippen molar-refractivity contribution in [2.75, 3.05) is 11.5 Å². The largest absolute Gasteiger partial charge is 0.493 e. The maximum atomic E-state index is 14.0. The number of benzene rings is 3. The van der Waals surface area contributed by atoms with Crippen LogP contribution in [0.2, 0.25) is 0 Å². The smallest absolute Gasteiger partial charge is 0.240 e. The van der Waals surface area contributed by atoms with Gasteiger partial charge < -0.3 is 9.47 Å². The fourth-order valence-electron chi connectivity index (χ4n) is 6.64. The first-order valence-corrected chi connectivity index (χ1v) is 12.5. The quantitative estimate of drug-likeness (QED) is 0.468. The number of hydrogen-bond donors (Lipinski definition) is 0. The van der Waals surface area contributed by atoms with Crippen LogP contribution < -0.4 is 9.64 Å². The van der Waals surface area contributed by atoms with Gasteiger partial charge in [0.15, 0.2) is 0 Å². The molecule has 3 aromatic rings. The monoisotopic (exact) mass is 480 g/mol. The topological polar surface area (TPSA) is 79.6 Å². The second-order valence-corrected chi connectivity index (χ2v) is 10.5. The summed E-state index contributed by atoms with van der Waals surface area (Å²) in [6, 6.07) is 19.0. The van der Waals surface area contributed by atoms with Crippen LogP contribution in [0, 0.1) is 37.0 Å². The van der Waals surface area contributed by atoms with Gasteiger partial charge in [0.05, 0.1) is 47.0 Å². The van der Waals surface area contributed by atoms with Gasteiger partial charge in [0.25, 0.3) is 0 Å². The van der Waals surface area contributed by atoms with Gasteiger partial charge in [-0.25, -0.2) is 4.90 Å². The van der Waals surface area contributed by atoms with Crippen LogP contribution >= 0.6 is 0 Å². The fourth-order valence-corrected chi connectivity index (χ4v) is 6.64. The third kappa shape index (κ3) is 3.06. The van der Waals surface area contributed by atoms with Crippen molar-refractivity contribution in [3.63, 3.8) is 0 Å². The van der Waals surface area contributed by atoms with Crippen molar-refractivity contribution in [2.24, 2.45) is 11.8 Å². The lowest BCUT2D eigenvalue weighted by molar-refractivity contribution is -0.131. The van der Waals surface area contributed by atoms with Crippen LogP contribution in [0.15, 0.2) is 54.6 Å². The van der Waals surface area contributed by atoms with E-state index in [0.717, 1.165) is 40.5 Å². The highest BCUT2D eigenvalue weighted by atomic mass is 16.5. The van der Waals surface area contributed by atoms with E-state index in [1.807, 2.05) is 50.2 Å². The molecule has 2 amide bonds. The minimum Gasteiger partial charge on any atom is -0.493 e. The van der Waals surface area contributed by atoms with Gasteiger partial charge in [-0.2, -0.15) is 5.26 Å². The van der Waals surface area contributed by atoms with E-state index < -0.39 is 23.0 Å².